The fraction of sp³-hybridized carbons (Fsp3) is 0.235. The molecule has 3 rings (SSSR count). The summed E-state index contributed by atoms with van der Waals surface area (Å²) in [4.78, 5) is 4.42. The molecule has 1 aromatic carbocycles. The number of nitrogens with zero attached hydrogens (tertiary/aromatic N) is 2. The van der Waals surface area contributed by atoms with Crippen LogP contribution in [0.5, 0.6) is 17.2 Å². The summed E-state index contributed by atoms with van der Waals surface area (Å²) in [5.74, 6) is 1.86. The predicted molar refractivity (Wildman–Crippen MR) is 85.8 cm³/mol. The van der Waals surface area contributed by atoms with Gasteiger partial charge in [0.25, 0.3) is 0 Å². The third-order valence-corrected chi connectivity index (χ3v) is 3.74. The Balaban J connectivity index is 2.26. The molecule has 0 amide bonds. The first-order valence-electron chi connectivity index (χ1n) is 6.90. The van der Waals surface area contributed by atoms with Crippen molar-refractivity contribution in [2.45, 2.75) is 0 Å². The summed E-state index contributed by atoms with van der Waals surface area (Å²) in [7, 11) is 6.81. The van der Waals surface area contributed by atoms with Crippen molar-refractivity contribution in [3.63, 3.8) is 0 Å². The van der Waals surface area contributed by atoms with Crippen molar-refractivity contribution in [3.8, 4) is 28.4 Å². The molecule has 5 nitrogen and oxygen atoms in total. The van der Waals surface area contributed by atoms with E-state index in [1.54, 1.807) is 27.5 Å². The van der Waals surface area contributed by atoms with Gasteiger partial charge in [-0.05, 0) is 35.4 Å². The van der Waals surface area contributed by atoms with Crippen LogP contribution in [0.4, 0.5) is 0 Å². The molecule has 0 atom stereocenters. The van der Waals surface area contributed by atoms with E-state index >= 15 is 0 Å². The molecule has 5 heteroatoms. The molecule has 0 saturated heterocycles. The Morgan fingerprint density at radius 2 is 1.64 bits per heavy atom. The van der Waals surface area contributed by atoms with Crippen LogP contribution in [0, 0.1) is 0 Å². The number of hydrogen-bond donors (Lipinski definition) is 0. The van der Waals surface area contributed by atoms with Gasteiger partial charge in [0.15, 0.2) is 11.5 Å². The average molecular weight is 298 g/mol. The van der Waals surface area contributed by atoms with Crippen LogP contribution in [0.1, 0.15) is 0 Å². The molecule has 0 aliphatic rings. The lowest BCUT2D eigenvalue weighted by molar-refractivity contribution is 0.324. The zero-order chi connectivity index (χ0) is 15.7. The second kappa shape index (κ2) is 5.60. The molecule has 0 N–H and O–H groups in total. The largest absolute Gasteiger partial charge is 0.493 e. The van der Waals surface area contributed by atoms with Gasteiger partial charge < -0.3 is 18.8 Å². The lowest BCUT2D eigenvalue weighted by atomic mass is 10.0. The highest BCUT2D eigenvalue weighted by atomic mass is 16.5. The highest BCUT2D eigenvalue weighted by Gasteiger charge is 2.16. The van der Waals surface area contributed by atoms with Gasteiger partial charge >= 0.3 is 0 Å². The predicted octanol–water partition coefficient (Wildman–Crippen LogP) is 3.27. The maximum absolute atomic E-state index is 5.43. The molecule has 0 aliphatic heterocycles. The van der Waals surface area contributed by atoms with E-state index in [-0.39, 0.29) is 0 Å². The molecule has 2 aromatic heterocycles. The highest BCUT2D eigenvalue weighted by Crippen LogP contribution is 2.42. The van der Waals surface area contributed by atoms with Crippen molar-refractivity contribution >= 4 is 11.0 Å². The van der Waals surface area contributed by atoms with Crippen LogP contribution in [0.2, 0.25) is 0 Å². The molecule has 0 radical (unpaired) electrons. The van der Waals surface area contributed by atoms with Crippen LogP contribution in [0.25, 0.3) is 22.2 Å². The molecule has 0 bridgehead atoms. The average Bonchev–Trinajstić information content (AvgIpc) is 2.94. The zero-order valence-corrected chi connectivity index (χ0v) is 13.1. The number of methoxy groups -OCH3 is 3. The summed E-state index contributed by atoms with van der Waals surface area (Å²) in [5.41, 5.74) is 3.00. The van der Waals surface area contributed by atoms with Crippen molar-refractivity contribution in [2.75, 3.05) is 21.3 Å². The lowest BCUT2D eigenvalue weighted by Gasteiger charge is -2.14. The van der Waals surface area contributed by atoms with Gasteiger partial charge in [-0.2, -0.15) is 0 Å². The van der Waals surface area contributed by atoms with E-state index in [1.165, 1.54) is 0 Å². The highest BCUT2D eigenvalue weighted by molar-refractivity contribution is 5.94. The van der Waals surface area contributed by atoms with Crippen LogP contribution >= 0.6 is 0 Å². The van der Waals surface area contributed by atoms with Gasteiger partial charge in [-0.15, -0.1) is 0 Å². The fourth-order valence-corrected chi connectivity index (χ4v) is 2.65. The number of benzene rings is 1. The number of pyridine rings is 1. The van der Waals surface area contributed by atoms with E-state index in [4.69, 9.17) is 14.2 Å². The van der Waals surface area contributed by atoms with Crippen molar-refractivity contribution in [2.24, 2.45) is 7.05 Å². The molecule has 0 aliphatic carbocycles. The summed E-state index contributed by atoms with van der Waals surface area (Å²) in [6.45, 7) is 0. The summed E-state index contributed by atoms with van der Waals surface area (Å²) < 4.78 is 18.2. The SMILES string of the molecule is COc1cc(-c2ccnc3c2ccn3C)cc(OC)c1OC. The molecule has 3 aromatic rings. The summed E-state index contributed by atoms with van der Waals surface area (Å²) in [6.07, 6.45) is 3.81. The minimum atomic E-state index is 0.590. The lowest BCUT2D eigenvalue weighted by Crippen LogP contribution is -1.96. The molecule has 114 valence electrons. The Hall–Kier alpha value is -2.69. The molecular weight excluding hydrogens is 280 g/mol. The zero-order valence-electron chi connectivity index (χ0n) is 13.1. The summed E-state index contributed by atoms with van der Waals surface area (Å²) in [5, 5.41) is 1.08. The van der Waals surface area contributed by atoms with Crippen LogP contribution in [-0.2, 0) is 7.05 Å². The van der Waals surface area contributed by atoms with Crippen LogP contribution in [-0.4, -0.2) is 30.9 Å². The van der Waals surface area contributed by atoms with Gasteiger partial charge in [0, 0.05) is 24.8 Å². The fourth-order valence-electron chi connectivity index (χ4n) is 2.65. The molecule has 22 heavy (non-hydrogen) atoms. The molecule has 0 spiro atoms. The summed E-state index contributed by atoms with van der Waals surface area (Å²) >= 11 is 0. The molecule has 0 saturated carbocycles. The third-order valence-electron chi connectivity index (χ3n) is 3.74. The number of aromatic nitrogens is 2. The van der Waals surface area contributed by atoms with Gasteiger partial charge in [-0.25, -0.2) is 4.98 Å². The Morgan fingerprint density at radius 1 is 0.955 bits per heavy atom. The van der Waals surface area contributed by atoms with Gasteiger partial charge in [0.05, 0.1) is 21.3 Å². The van der Waals surface area contributed by atoms with E-state index in [0.29, 0.717) is 17.2 Å². The Labute approximate surface area is 129 Å². The van der Waals surface area contributed by atoms with E-state index in [9.17, 15) is 0 Å². The van der Waals surface area contributed by atoms with Crippen LogP contribution in [0.3, 0.4) is 0 Å². The maximum atomic E-state index is 5.43. The van der Waals surface area contributed by atoms with Crippen molar-refractivity contribution in [1.82, 2.24) is 9.55 Å². The maximum Gasteiger partial charge on any atom is 0.203 e. The van der Waals surface area contributed by atoms with Crippen molar-refractivity contribution in [3.05, 3.63) is 36.7 Å². The van der Waals surface area contributed by atoms with Gasteiger partial charge in [0.1, 0.15) is 5.65 Å². The van der Waals surface area contributed by atoms with Crippen molar-refractivity contribution in [1.29, 1.82) is 0 Å². The topological polar surface area (TPSA) is 45.5 Å². The Bertz CT molecular complexity index is 799. The number of fused-ring (bicyclic) bond motifs is 1. The monoisotopic (exact) mass is 298 g/mol. The number of aryl methyl sites for hydroxylation is 1. The first-order chi connectivity index (χ1) is 10.7. The van der Waals surface area contributed by atoms with E-state index in [1.807, 2.05) is 36.0 Å². The van der Waals surface area contributed by atoms with Crippen LogP contribution < -0.4 is 14.2 Å². The van der Waals surface area contributed by atoms with Gasteiger partial charge in [0.2, 0.25) is 5.75 Å². The number of rotatable bonds is 4. The first kappa shape index (κ1) is 14.3. The van der Waals surface area contributed by atoms with Crippen LogP contribution in [0.15, 0.2) is 36.7 Å². The third kappa shape index (κ3) is 2.15. The number of hydrogen-bond acceptors (Lipinski definition) is 4. The standard InChI is InChI=1S/C17H18N2O3/c1-19-8-6-13-12(5-7-18-17(13)19)11-9-14(20-2)16(22-4)15(10-11)21-3/h5-10H,1-4H3. The molecule has 0 unspecified atom stereocenters. The quantitative estimate of drug-likeness (QED) is 0.741. The second-order valence-corrected chi connectivity index (χ2v) is 4.94. The van der Waals surface area contributed by atoms with E-state index in [2.05, 4.69) is 11.1 Å². The molecule has 2 heterocycles. The number of ether oxygens (including phenoxy) is 3. The molecule has 0 fully saturated rings. The van der Waals surface area contributed by atoms with E-state index < -0.39 is 0 Å². The Morgan fingerprint density at radius 3 is 2.23 bits per heavy atom. The summed E-state index contributed by atoms with van der Waals surface area (Å²) in [6, 6.07) is 7.94. The van der Waals surface area contributed by atoms with E-state index in [0.717, 1.165) is 22.2 Å². The normalized spacial score (nSPS) is 10.7. The smallest absolute Gasteiger partial charge is 0.203 e. The Kier molecular flexibility index (Phi) is 3.63. The minimum absolute atomic E-state index is 0.590. The van der Waals surface area contributed by atoms with Gasteiger partial charge in [-0.3, -0.25) is 0 Å². The first-order valence-corrected chi connectivity index (χ1v) is 6.90. The van der Waals surface area contributed by atoms with Gasteiger partial charge in [-0.1, -0.05) is 0 Å². The van der Waals surface area contributed by atoms with Crippen molar-refractivity contribution < 1.29 is 14.2 Å². The second-order valence-electron chi connectivity index (χ2n) is 4.94. The minimum Gasteiger partial charge on any atom is -0.493 e. The molecular formula is C17H18N2O3.